The molecule has 2 amide bonds. The fourth-order valence-corrected chi connectivity index (χ4v) is 3.66. The molecular formula is C25H23ClN2O4. The van der Waals surface area contributed by atoms with Gasteiger partial charge in [-0.3, -0.25) is 9.69 Å². The van der Waals surface area contributed by atoms with Crippen LogP contribution in [0.25, 0.3) is 0 Å². The zero-order chi connectivity index (χ0) is 22.3. The van der Waals surface area contributed by atoms with Gasteiger partial charge < -0.3 is 14.8 Å². The summed E-state index contributed by atoms with van der Waals surface area (Å²) in [5, 5.41) is 3.52. The second kappa shape index (κ2) is 10.2. The molecular weight excluding hydrogens is 428 g/mol. The number of likely N-dealkylation sites (tertiary alicyclic amines) is 1. The van der Waals surface area contributed by atoms with Gasteiger partial charge >= 0.3 is 6.09 Å². The van der Waals surface area contributed by atoms with Gasteiger partial charge in [0.2, 0.25) is 5.91 Å². The van der Waals surface area contributed by atoms with Crippen LogP contribution in [-0.2, 0) is 16.1 Å². The van der Waals surface area contributed by atoms with Crippen LogP contribution in [0.1, 0.15) is 18.4 Å². The monoisotopic (exact) mass is 450 g/mol. The number of nitrogens with one attached hydrogen (secondary N) is 1. The Balaban J connectivity index is 1.32. The second-order valence-corrected chi connectivity index (χ2v) is 7.90. The first kappa shape index (κ1) is 21.7. The van der Waals surface area contributed by atoms with E-state index in [4.69, 9.17) is 21.1 Å². The van der Waals surface area contributed by atoms with Crippen molar-refractivity contribution in [2.75, 3.05) is 11.9 Å². The molecule has 1 N–H and O–H groups in total. The molecule has 1 aliphatic heterocycles. The third-order valence-corrected chi connectivity index (χ3v) is 5.42. The van der Waals surface area contributed by atoms with Gasteiger partial charge in [-0.05, 0) is 66.9 Å². The van der Waals surface area contributed by atoms with Crippen LogP contribution in [0, 0.1) is 0 Å². The molecule has 0 aliphatic carbocycles. The number of benzene rings is 3. The highest BCUT2D eigenvalue weighted by Gasteiger charge is 2.35. The van der Waals surface area contributed by atoms with E-state index in [2.05, 4.69) is 5.32 Å². The molecule has 6 nitrogen and oxygen atoms in total. The number of anilines is 1. The van der Waals surface area contributed by atoms with Crippen LogP contribution in [-0.4, -0.2) is 29.5 Å². The normalized spacial score (nSPS) is 15.3. The molecule has 0 bridgehead atoms. The molecule has 4 rings (SSSR count). The minimum Gasteiger partial charge on any atom is -0.457 e. The number of ether oxygens (including phenoxy) is 2. The van der Waals surface area contributed by atoms with Gasteiger partial charge in [-0.15, -0.1) is 0 Å². The fraction of sp³-hybridized carbons (Fsp3) is 0.200. The molecule has 0 radical (unpaired) electrons. The topological polar surface area (TPSA) is 67.9 Å². The van der Waals surface area contributed by atoms with Crippen molar-refractivity contribution in [1.82, 2.24) is 4.90 Å². The lowest BCUT2D eigenvalue weighted by Crippen LogP contribution is -2.43. The quantitative estimate of drug-likeness (QED) is 0.509. The van der Waals surface area contributed by atoms with Gasteiger partial charge in [0, 0.05) is 17.3 Å². The van der Waals surface area contributed by atoms with Gasteiger partial charge in [-0.25, -0.2) is 4.79 Å². The standard InChI is InChI=1S/C25H23ClN2O4/c26-19-8-12-21(13-9-19)32-22-14-10-20(11-15-22)27-24(29)23-7-4-16-28(23)25(30)31-17-18-5-2-1-3-6-18/h1-3,5-6,8-15,23H,4,7,16-17H2,(H,27,29)/t23-/m0/s1. The van der Waals surface area contributed by atoms with Crippen molar-refractivity contribution in [3.05, 3.63) is 89.4 Å². The Bertz CT molecular complexity index is 1060. The zero-order valence-corrected chi connectivity index (χ0v) is 18.1. The van der Waals surface area contributed by atoms with E-state index in [9.17, 15) is 9.59 Å². The summed E-state index contributed by atoms with van der Waals surface area (Å²) in [5.41, 5.74) is 1.53. The Labute approximate surface area is 191 Å². The minimum absolute atomic E-state index is 0.180. The largest absolute Gasteiger partial charge is 0.457 e. The lowest BCUT2D eigenvalue weighted by molar-refractivity contribution is -0.120. The van der Waals surface area contributed by atoms with Crippen molar-refractivity contribution < 1.29 is 19.1 Å². The summed E-state index contributed by atoms with van der Waals surface area (Å²) in [5.74, 6) is 1.07. The molecule has 7 heteroatoms. The van der Waals surface area contributed by atoms with Crippen LogP contribution >= 0.6 is 11.6 Å². The highest BCUT2D eigenvalue weighted by atomic mass is 35.5. The number of halogens is 1. The lowest BCUT2D eigenvalue weighted by atomic mass is 10.2. The fourth-order valence-electron chi connectivity index (χ4n) is 3.53. The van der Waals surface area contributed by atoms with E-state index in [0.29, 0.717) is 35.2 Å². The first-order valence-corrected chi connectivity index (χ1v) is 10.8. The van der Waals surface area contributed by atoms with Crippen LogP contribution in [0.2, 0.25) is 5.02 Å². The molecule has 0 unspecified atom stereocenters. The highest BCUT2D eigenvalue weighted by molar-refractivity contribution is 6.30. The number of amides is 2. The van der Waals surface area contributed by atoms with Crippen LogP contribution < -0.4 is 10.1 Å². The Morgan fingerprint density at radius 3 is 2.28 bits per heavy atom. The van der Waals surface area contributed by atoms with E-state index in [1.54, 1.807) is 48.5 Å². The van der Waals surface area contributed by atoms with Crippen molar-refractivity contribution >= 4 is 29.3 Å². The van der Waals surface area contributed by atoms with Gasteiger partial charge in [0.05, 0.1) is 0 Å². The zero-order valence-electron chi connectivity index (χ0n) is 17.4. The van der Waals surface area contributed by atoms with Crippen molar-refractivity contribution in [3.8, 4) is 11.5 Å². The minimum atomic E-state index is -0.553. The lowest BCUT2D eigenvalue weighted by Gasteiger charge is -2.23. The second-order valence-electron chi connectivity index (χ2n) is 7.46. The van der Waals surface area contributed by atoms with Crippen molar-refractivity contribution in [3.63, 3.8) is 0 Å². The number of carbonyl (C=O) groups excluding carboxylic acids is 2. The summed E-state index contributed by atoms with van der Waals surface area (Å²) in [4.78, 5) is 26.8. The van der Waals surface area contributed by atoms with Crippen molar-refractivity contribution in [2.24, 2.45) is 0 Å². The third kappa shape index (κ3) is 5.59. The van der Waals surface area contributed by atoms with E-state index in [1.165, 1.54) is 4.90 Å². The summed E-state index contributed by atoms with van der Waals surface area (Å²) in [6, 6.07) is 23.0. The molecule has 32 heavy (non-hydrogen) atoms. The van der Waals surface area contributed by atoms with Crippen molar-refractivity contribution in [2.45, 2.75) is 25.5 Å². The predicted octanol–water partition coefficient (Wildman–Crippen LogP) is 5.87. The predicted molar refractivity (Wildman–Crippen MR) is 123 cm³/mol. The summed E-state index contributed by atoms with van der Waals surface area (Å²) < 4.78 is 11.2. The number of nitrogens with zero attached hydrogens (tertiary/aromatic N) is 1. The molecule has 3 aromatic carbocycles. The Morgan fingerprint density at radius 2 is 1.59 bits per heavy atom. The summed E-state index contributed by atoms with van der Waals surface area (Å²) in [7, 11) is 0. The molecule has 1 heterocycles. The van der Waals surface area contributed by atoms with Gasteiger partial charge in [-0.2, -0.15) is 0 Å². The van der Waals surface area contributed by atoms with Crippen molar-refractivity contribution in [1.29, 1.82) is 0 Å². The molecule has 0 spiro atoms. The molecule has 164 valence electrons. The summed E-state index contributed by atoms with van der Waals surface area (Å²) in [6.07, 6.45) is 0.884. The number of rotatable bonds is 6. The van der Waals surface area contributed by atoms with E-state index in [-0.39, 0.29) is 12.5 Å². The van der Waals surface area contributed by atoms with Crippen LogP contribution in [0.4, 0.5) is 10.5 Å². The van der Waals surface area contributed by atoms with Gasteiger partial charge in [0.15, 0.2) is 0 Å². The molecule has 1 atom stereocenters. The van der Waals surface area contributed by atoms with Crippen LogP contribution in [0.5, 0.6) is 11.5 Å². The molecule has 1 aliphatic rings. The van der Waals surface area contributed by atoms with Gasteiger partial charge in [0.1, 0.15) is 24.1 Å². The number of carbonyl (C=O) groups is 2. The van der Waals surface area contributed by atoms with Gasteiger partial charge in [0.25, 0.3) is 0 Å². The molecule has 1 saturated heterocycles. The van der Waals surface area contributed by atoms with Crippen LogP contribution in [0.15, 0.2) is 78.9 Å². The smallest absolute Gasteiger partial charge is 0.410 e. The van der Waals surface area contributed by atoms with Crippen LogP contribution in [0.3, 0.4) is 0 Å². The van der Waals surface area contributed by atoms with Gasteiger partial charge in [-0.1, -0.05) is 41.9 Å². The molecule has 3 aromatic rings. The van der Waals surface area contributed by atoms with E-state index in [0.717, 1.165) is 12.0 Å². The Hall–Kier alpha value is -3.51. The molecule has 0 saturated carbocycles. The summed E-state index contributed by atoms with van der Waals surface area (Å²) in [6.45, 7) is 0.680. The average molecular weight is 451 g/mol. The maximum Gasteiger partial charge on any atom is 0.410 e. The highest BCUT2D eigenvalue weighted by Crippen LogP contribution is 2.25. The Kier molecular flexibility index (Phi) is 6.92. The average Bonchev–Trinajstić information content (AvgIpc) is 3.31. The van der Waals surface area contributed by atoms with E-state index in [1.807, 2.05) is 30.3 Å². The molecule has 1 fully saturated rings. The number of hydrogen-bond acceptors (Lipinski definition) is 4. The first-order valence-electron chi connectivity index (χ1n) is 10.4. The Morgan fingerprint density at radius 1 is 0.938 bits per heavy atom. The maximum absolute atomic E-state index is 12.8. The SMILES string of the molecule is O=C(Nc1ccc(Oc2ccc(Cl)cc2)cc1)[C@@H]1CCCN1C(=O)OCc1ccccc1. The third-order valence-electron chi connectivity index (χ3n) is 5.17. The maximum atomic E-state index is 12.8. The molecule has 0 aromatic heterocycles. The summed E-state index contributed by atoms with van der Waals surface area (Å²) >= 11 is 5.88. The number of hydrogen-bond donors (Lipinski definition) is 1. The van der Waals surface area contributed by atoms with E-state index < -0.39 is 12.1 Å². The van der Waals surface area contributed by atoms with E-state index >= 15 is 0 Å². The first-order chi connectivity index (χ1) is 15.6.